The molecule has 1 N–H and O–H groups in total. The highest BCUT2D eigenvalue weighted by atomic mass is 32.2. The highest BCUT2D eigenvalue weighted by molar-refractivity contribution is 7.98. The van der Waals surface area contributed by atoms with Crippen LogP contribution in [0.2, 0.25) is 0 Å². The maximum absolute atomic E-state index is 10.6. The number of fused-ring (bicyclic) bond motifs is 1. The topological polar surface area (TPSA) is 72.6 Å². The molecule has 0 spiro atoms. The van der Waals surface area contributed by atoms with Crippen LogP contribution in [0.5, 0.6) is 11.5 Å². The quantitative estimate of drug-likeness (QED) is 0.742. The van der Waals surface area contributed by atoms with Crippen molar-refractivity contribution >= 4 is 11.8 Å². The van der Waals surface area contributed by atoms with Gasteiger partial charge in [-0.3, -0.25) is 4.90 Å². The number of aliphatic hydroxyl groups excluding tert-OH is 1. The van der Waals surface area contributed by atoms with Crippen molar-refractivity contribution in [2.24, 2.45) is 11.8 Å². The van der Waals surface area contributed by atoms with E-state index in [0.717, 1.165) is 54.4 Å². The summed E-state index contributed by atoms with van der Waals surface area (Å²) in [5, 5.41) is 14.9. The van der Waals surface area contributed by atoms with E-state index in [9.17, 15) is 5.11 Å². The molecule has 4 rings (SSSR count). The molecule has 0 bridgehead atoms. The van der Waals surface area contributed by atoms with Gasteiger partial charge in [-0.25, -0.2) is 9.67 Å². The number of hydrogen-bond acceptors (Lipinski definition) is 7. The number of rotatable bonds is 6. The van der Waals surface area contributed by atoms with Gasteiger partial charge in [-0.2, -0.15) is 5.10 Å². The Morgan fingerprint density at radius 3 is 2.54 bits per heavy atom. The molecule has 1 aliphatic heterocycles. The van der Waals surface area contributed by atoms with Gasteiger partial charge in [-0.1, -0.05) is 0 Å². The minimum absolute atomic E-state index is 0.0270. The summed E-state index contributed by atoms with van der Waals surface area (Å²) in [6.07, 6.45) is 6.69. The molecule has 7 nitrogen and oxygen atoms in total. The predicted molar refractivity (Wildman–Crippen MR) is 108 cm³/mol. The minimum Gasteiger partial charge on any atom is -0.496 e. The van der Waals surface area contributed by atoms with E-state index < -0.39 is 0 Å². The van der Waals surface area contributed by atoms with Crippen molar-refractivity contribution in [2.45, 2.75) is 36.4 Å². The van der Waals surface area contributed by atoms with Crippen LogP contribution in [0.25, 0.3) is 0 Å². The van der Waals surface area contributed by atoms with Crippen LogP contribution in [0.15, 0.2) is 29.7 Å². The van der Waals surface area contributed by atoms with Crippen LogP contribution in [-0.2, 0) is 6.54 Å². The Labute approximate surface area is 170 Å². The molecule has 2 aromatic rings. The fourth-order valence-electron chi connectivity index (χ4n) is 4.76. The van der Waals surface area contributed by atoms with E-state index in [1.807, 2.05) is 10.9 Å². The molecule has 4 atom stereocenters. The normalized spacial score (nSPS) is 27.6. The zero-order chi connectivity index (χ0) is 19.7. The van der Waals surface area contributed by atoms with Crippen molar-refractivity contribution in [2.75, 3.05) is 33.6 Å². The first-order valence-electron chi connectivity index (χ1n) is 9.66. The summed E-state index contributed by atoms with van der Waals surface area (Å²) in [6.45, 7) is 2.85. The summed E-state index contributed by atoms with van der Waals surface area (Å²) in [5.74, 6) is 2.88. The third kappa shape index (κ3) is 3.73. The van der Waals surface area contributed by atoms with Crippen molar-refractivity contribution in [3.63, 3.8) is 0 Å². The largest absolute Gasteiger partial charge is 0.496 e. The number of methoxy groups -OCH3 is 2. The molecule has 28 heavy (non-hydrogen) atoms. The van der Waals surface area contributed by atoms with E-state index in [1.165, 1.54) is 6.33 Å². The Balaban J connectivity index is 1.48. The maximum Gasteiger partial charge on any atom is 0.137 e. The van der Waals surface area contributed by atoms with Crippen molar-refractivity contribution in [1.29, 1.82) is 0 Å². The summed E-state index contributed by atoms with van der Waals surface area (Å²) in [6, 6.07) is 4.19. The van der Waals surface area contributed by atoms with Crippen LogP contribution >= 0.6 is 11.8 Å². The molecular weight excluding hydrogens is 376 g/mol. The van der Waals surface area contributed by atoms with Crippen molar-refractivity contribution < 1.29 is 14.6 Å². The molecule has 1 aromatic heterocycles. The number of aliphatic hydroxyl groups is 1. The van der Waals surface area contributed by atoms with Crippen molar-refractivity contribution in [3.8, 4) is 11.5 Å². The molecule has 0 amide bonds. The van der Waals surface area contributed by atoms with E-state index in [0.29, 0.717) is 11.8 Å². The zero-order valence-corrected chi connectivity index (χ0v) is 17.4. The van der Waals surface area contributed by atoms with E-state index in [1.54, 1.807) is 32.3 Å². The van der Waals surface area contributed by atoms with Gasteiger partial charge in [0.15, 0.2) is 0 Å². The number of thioether (sulfide) groups is 1. The number of aromatic nitrogens is 3. The van der Waals surface area contributed by atoms with E-state index in [4.69, 9.17) is 9.47 Å². The molecule has 1 aliphatic carbocycles. The van der Waals surface area contributed by atoms with Gasteiger partial charge < -0.3 is 14.6 Å². The third-order valence-electron chi connectivity index (χ3n) is 6.14. The lowest BCUT2D eigenvalue weighted by Crippen LogP contribution is -2.36. The van der Waals surface area contributed by atoms with Crippen molar-refractivity contribution in [3.05, 3.63) is 30.4 Å². The summed E-state index contributed by atoms with van der Waals surface area (Å²) in [4.78, 5) is 7.60. The number of benzene rings is 1. The smallest absolute Gasteiger partial charge is 0.137 e. The maximum atomic E-state index is 10.6. The van der Waals surface area contributed by atoms with Gasteiger partial charge in [0.05, 0.1) is 31.3 Å². The molecule has 0 unspecified atom stereocenters. The Morgan fingerprint density at radius 1 is 1.14 bits per heavy atom. The molecule has 152 valence electrons. The third-order valence-corrected chi connectivity index (χ3v) is 6.90. The van der Waals surface area contributed by atoms with Gasteiger partial charge in [0, 0.05) is 25.2 Å². The molecule has 2 heterocycles. The van der Waals surface area contributed by atoms with Gasteiger partial charge in [-0.15, -0.1) is 11.8 Å². The van der Waals surface area contributed by atoms with E-state index >= 15 is 0 Å². The Morgan fingerprint density at radius 2 is 1.89 bits per heavy atom. The number of likely N-dealkylation sites (tertiary alicyclic amines) is 1. The summed E-state index contributed by atoms with van der Waals surface area (Å²) >= 11 is 1.66. The van der Waals surface area contributed by atoms with Gasteiger partial charge in [0.25, 0.3) is 0 Å². The monoisotopic (exact) mass is 404 g/mol. The van der Waals surface area contributed by atoms with Gasteiger partial charge >= 0.3 is 0 Å². The average Bonchev–Trinajstić information content (AvgIpc) is 3.36. The lowest BCUT2D eigenvalue weighted by molar-refractivity contribution is 0.0304. The van der Waals surface area contributed by atoms with Crippen LogP contribution in [0.4, 0.5) is 0 Å². The lowest BCUT2D eigenvalue weighted by atomic mass is 9.77. The summed E-state index contributed by atoms with van der Waals surface area (Å²) < 4.78 is 13.0. The molecule has 1 aromatic carbocycles. The standard InChI is InChI=1S/C20H28N4O3S/c1-26-18-7-20(28-3)19(27-2)6-15(18)10-23-8-13-4-16(24-12-21-11-22-24)17(25)5-14(13)9-23/h6-7,11-14,16-17,25H,4-5,8-10H2,1-3H3/t13-,14+,16-,17-/m1/s1. The average molecular weight is 405 g/mol. The Kier molecular flexibility index (Phi) is 5.80. The van der Waals surface area contributed by atoms with Crippen LogP contribution in [0.3, 0.4) is 0 Å². The SMILES string of the molecule is COc1cc(SC)c(OC)cc1CN1C[C@H]2C[C@@H](n3cncn3)[C@H](O)C[C@H]2C1. The number of nitrogens with zero attached hydrogens (tertiary/aromatic N) is 4. The summed E-state index contributed by atoms with van der Waals surface area (Å²) in [5.41, 5.74) is 1.14. The second-order valence-electron chi connectivity index (χ2n) is 7.71. The Hall–Kier alpha value is -1.77. The molecule has 1 saturated heterocycles. The number of hydrogen-bond donors (Lipinski definition) is 1. The van der Waals surface area contributed by atoms with Crippen LogP contribution in [0.1, 0.15) is 24.4 Å². The molecule has 1 saturated carbocycles. The van der Waals surface area contributed by atoms with Gasteiger partial charge in [0.2, 0.25) is 0 Å². The second-order valence-corrected chi connectivity index (χ2v) is 8.56. The molecular formula is C20H28N4O3S. The molecule has 2 fully saturated rings. The van der Waals surface area contributed by atoms with Crippen LogP contribution < -0.4 is 9.47 Å². The predicted octanol–water partition coefficient (Wildman–Crippen LogP) is 2.46. The highest BCUT2D eigenvalue weighted by Crippen LogP contribution is 2.42. The van der Waals surface area contributed by atoms with E-state index in [2.05, 4.69) is 27.1 Å². The Bertz CT molecular complexity index is 801. The second kappa shape index (κ2) is 8.31. The first kappa shape index (κ1) is 19.5. The number of ether oxygens (including phenoxy) is 2. The van der Waals surface area contributed by atoms with Crippen LogP contribution in [0, 0.1) is 11.8 Å². The molecule has 8 heteroatoms. The zero-order valence-electron chi connectivity index (χ0n) is 16.6. The van der Waals surface area contributed by atoms with Gasteiger partial charge in [-0.05, 0) is 43.1 Å². The fourth-order valence-corrected chi connectivity index (χ4v) is 5.33. The van der Waals surface area contributed by atoms with Gasteiger partial charge in [0.1, 0.15) is 24.2 Å². The van der Waals surface area contributed by atoms with Crippen LogP contribution in [-0.4, -0.2) is 64.4 Å². The minimum atomic E-state index is -0.363. The molecule has 2 aliphatic rings. The first-order valence-corrected chi connectivity index (χ1v) is 10.9. The first-order chi connectivity index (χ1) is 13.6. The fraction of sp³-hybridized carbons (Fsp3) is 0.600. The highest BCUT2D eigenvalue weighted by Gasteiger charge is 2.42. The molecule has 0 radical (unpaired) electrons. The lowest BCUT2D eigenvalue weighted by Gasteiger charge is -2.35. The van der Waals surface area contributed by atoms with Crippen molar-refractivity contribution in [1.82, 2.24) is 19.7 Å². The van der Waals surface area contributed by atoms with E-state index in [-0.39, 0.29) is 12.1 Å². The summed E-state index contributed by atoms with van der Waals surface area (Å²) in [7, 11) is 3.43.